The van der Waals surface area contributed by atoms with E-state index in [0.29, 0.717) is 44.6 Å². The summed E-state index contributed by atoms with van der Waals surface area (Å²) in [6.45, 7) is 1.17. The molecule has 2 unspecified atom stereocenters. The maximum atomic E-state index is 13.3. The van der Waals surface area contributed by atoms with Crippen LogP contribution in [0.3, 0.4) is 0 Å². The number of benzene rings is 1. The Morgan fingerprint density at radius 3 is 2.61 bits per heavy atom. The third kappa shape index (κ3) is 6.24. The number of aliphatic imine (C=N–C) groups is 1. The first-order chi connectivity index (χ1) is 19.3. The number of nitrogens with one attached hydrogen (secondary N) is 3. The van der Waals surface area contributed by atoms with Crippen molar-refractivity contribution < 1.29 is 22.2 Å². The number of halogens is 1. The molecule has 3 aliphatic heterocycles. The molecule has 2 saturated heterocycles. The Kier molecular flexibility index (Phi) is 7.61. The van der Waals surface area contributed by atoms with Crippen LogP contribution in [0.1, 0.15) is 40.1 Å². The highest BCUT2D eigenvalue weighted by molar-refractivity contribution is 8.00. The van der Waals surface area contributed by atoms with Gasteiger partial charge in [-0.25, -0.2) is 23.1 Å². The molecular formula is C24H30ClN9O5S2. The number of nitrogen functional groups attached to an aromatic ring is 2. The van der Waals surface area contributed by atoms with Gasteiger partial charge in [0.05, 0.1) is 17.0 Å². The summed E-state index contributed by atoms with van der Waals surface area (Å²) in [5, 5.41) is 5.72. The fourth-order valence-corrected chi connectivity index (χ4v) is 8.49. The molecule has 7 N–H and O–H groups in total. The van der Waals surface area contributed by atoms with Crippen molar-refractivity contribution in [1.82, 2.24) is 30.2 Å². The summed E-state index contributed by atoms with van der Waals surface area (Å²) in [6.07, 6.45) is 1.54. The van der Waals surface area contributed by atoms with Crippen LogP contribution in [0.2, 0.25) is 5.15 Å². The molecule has 4 heterocycles. The zero-order valence-corrected chi connectivity index (χ0v) is 24.3. The van der Waals surface area contributed by atoms with Crippen molar-refractivity contribution in [1.29, 1.82) is 0 Å². The molecule has 14 nitrogen and oxygen atoms in total. The molecule has 1 aromatic carbocycles. The van der Waals surface area contributed by atoms with Gasteiger partial charge in [0, 0.05) is 36.2 Å². The van der Waals surface area contributed by atoms with Crippen LogP contribution in [-0.4, -0.2) is 93.9 Å². The third-order valence-electron chi connectivity index (χ3n) is 7.34. The van der Waals surface area contributed by atoms with Crippen molar-refractivity contribution in [3.05, 3.63) is 40.7 Å². The maximum absolute atomic E-state index is 13.3. The van der Waals surface area contributed by atoms with Crippen LogP contribution in [0.15, 0.2) is 34.2 Å². The number of amides is 2. The number of nitrogens with zero attached hydrogens (tertiary/aromatic N) is 4. The summed E-state index contributed by atoms with van der Waals surface area (Å²) in [5.74, 6) is 3.30. The van der Waals surface area contributed by atoms with E-state index in [1.807, 2.05) is 0 Å². The third-order valence-corrected chi connectivity index (χ3v) is 11.1. The van der Waals surface area contributed by atoms with Gasteiger partial charge < -0.3 is 21.7 Å². The molecule has 2 fully saturated rings. The molecule has 1 aromatic heterocycles. The molecule has 0 saturated carbocycles. The van der Waals surface area contributed by atoms with Crippen LogP contribution in [-0.2, 0) is 19.5 Å². The van der Waals surface area contributed by atoms with E-state index in [0.717, 1.165) is 0 Å². The first-order valence-electron chi connectivity index (χ1n) is 12.7. The number of anilines is 2. The lowest BCUT2D eigenvalue weighted by atomic mass is 9.88. The average molecular weight is 624 g/mol. The number of guanidine groups is 1. The van der Waals surface area contributed by atoms with Gasteiger partial charge in [-0.1, -0.05) is 17.7 Å². The van der Waals surface area contributed by atoms with Crippen molar-refractivity contribution in [2.45, 2.75) is 35.7 Å². The Morgan fingerprint density at radius 2 is 1.93 bits per heavy atom. The number of hydrogen-bond donors (Lipinski definition) is 5. The Balaban J connectivity index is 1.18. The van der Waals surface area contributed by atoms with E-state index in [4.69, 9.17) is 23.1 Å². The number of carbonyl (C=O) groups excluding carboxylic acids is 2. The van der Waals surface area contributed by atoms with Crippen molar-refractivity contribution >= 4 is 66.4 Å². The van der Waals surface area contributed by atoms with Gasteiger partial charge in [-0.2, -0.15) is 0 Å². The summed E-state index contributed by atoms with van der Waals surface area (Å²) in [4.78, 5) is 39.6. The minimum Gasteiger partial charge on any atom is -0.382 e. The molecule has 0 bridgehead atoms. The van der Waals surface area contributed by atoms with Crippen molar-refractivity contribution in [3.8, 4) is 0 Å². The highest BCUT2D eigenvalue weighted by atomic mass is 35.5. The number of rotatable bonds is 5. The Bertz CT molecular complexity index is 1660. The summed E-state index contributed by atoms with van der Waals surface area (Å²) < 4.78 is 40.6. The molecule has 3 aliphatic rings. The van der Waals surface area contributed by atoms with Crippen LogP contribution >= 0.6 is 11.6 Å². The van der Waals surface area contributed by atoms with E-state index in [9.17, 15) is 22.2 Å². The van der Waals surface area contributed by atoms with Crippen molar-refractivity contribution in [2.24, 2.45) is 4.99 Å². The van der Waals surface area contributed by atoms with Gasteiger partial charge in [-0.3, -0.25) is 24.1 Å². The van der Waals surface area contributed by atoms with Gasteiger partial charge in [-0.05, 0) is 52.9 Å². The molecule has 220 valence electrons. The molecule has 0 radical (unpaired) electrons. The smallest absolute Gasteiger partial charge is 0.280 e. The minimum absolute atomic E-state index is 0.0294. The number of hydrogen-bond acceptors (Lipinski definition) is 11. The number of piperidine rings is 1. The quantitative estimate of drug-likeness (QED) is 0.267. The SMILES string of the molecule is C=S1(=O)CCC(NS(=O)(=O)c2cccc(C(=O)N3CCC4(CC3)CN=C(NC(=O)c3nc(Cl)c(N)nc3N)N4)c2)C1. The van der Waals surface area contributed by atoms with Gasteiger partial charge >= 0.3 is 0 Å². The number of aromatic nitrogens is 2. The highest BCUT2D eigenvalue weighted by Crippen LogP contribution is 2.27. The van der Waals surface area contributed by atoms with Crippen LogP contribution in [0.5, 0.6) is 0 Å². The zero-order chi connectivity index (χ0) is 29.6. The lowest BCUT2D eigenvalue weighted by Crippen LogP contribution is -2.57. The van der Waals surface area contributed by atoms with E-state index < -0.39 is 37.0 Å². The zero-order valence-electron chi connectivity index (χ0n) is 21.9. The van der Waals surface area contributed by atoms with Crippen LogP contribution < -0.4 is 26.8 Å². The van der Waals surface area contributed by atoms with E-state index in [-0.39, 0.29) is 50.6 Å². The number of likely N-dealkylation sites (tertiary alicyclic amines) is 1. The predicted octanol–water partition coefficient (Wildman–Crippen LogP) is -0.575. The van der Waals surface area contributed by atoms with E-state index in [2.05, 4.69) is 36.2 Å². The van der Waals surface area contributed by atoms with Gasteiger partial charge in [0.2, 0.25) is 10.0 Å². The molecular weight excluding hydrogens is 594 g/mol. The Morgan fingerprint density at radius 1 is 1.20 bits per heavy atom. The topological polar surface area (TPSA) is 215 Å². The molecule has 41 heavy (non-hydrogen) atoms. The van der Waals surface area contributed by atoms with Gasteiger partial charge in [0.15, 0.2) is 28.4 Å². The monoisotopic (exact) mass is 623 g/mol. The first-order valence-corrected chi connectivity index (χ1v) is 16.7. The molecule has 2 aromatic rings. The second kappa shape index (κ2) is 10.7. The first kappa shape index (κ1) is 29.0. The average Bonchev–Trinajstić information content (AvgIpc) is 3.47. The molecule has 17 heteroatoms. The lowest BCUT2D eigenvalue weighted by Gasteiger charge is -2.39. The fourth-order valence-electron chi connectivity index (χ4n) is 5.08. The van der Waals surface area contributed by atoms with Crippen molar-refractivity contribution in [2.75, 3.05) is 42.6 Å². The van der Waals surface area contributed by atoms with E-state index in [1.54, 1.807) is 11.0 Å². The molecule has 2 amide bonds. The predicted molar refractivity (Wildman–Crippen MR) is 157 cm³/mol. The molecule has 0 aliphatic carbocycles. The standard InChI is InChI=1S/C24H30ClN9O5S2/c1-40(37)10-5-15(12-40)33-41(38,39)16-4-2-3-14(11-16)22(36)34-8-6-24(7-9-34)13-28-23(32-24)31-21(35)17-19(26)30-20(27)18(25)29-17/h2-4,11,15,33H,1,5-10,12-13H2,(H4,26,27,30)(H2,28,31,32,35). The highest BCUT2D eigenvalue weighted by Gasteiger charge is 2.40. The summed E-state index contributed by atoms with van der Waals surface area (Å²) in [6, 6.07) is 5.43. The normalized spacial score (nSPS) is 23.7. The van der Waals surface area contributed by atoms with Crippen LogP contribution in [0.4, 0.5) is 11.6 Å². The Labute approximate surface area is 242 Å². The van der Waals surface area contributed by atoms with Crippen LogP contribution in [0, 0.1) is 0 Å². The Hall–Kier alpha value is -3.47. The summed E-state index contributed by atoms with van der Waals surface area (Å²) in [7, 11) is -6.17. The van der Waals surface area contributed by atoms with Crippen molar-refractivity contribution in [3.63, 3.8) is 0 Å². The van der Waals surface area contributed by atoms with E-state index in [1.165, 1.54) is 18.2 Å². The largest absolute Gasteiger partial charge is 0.382 e. The van der Waals surface area contributed by atoms with Gasteiger partial charge in [0.1, 0.15) is 0 Å². The second-order valence-corrected chi connectivity index (χ2v) is 15.2. The van der Waals surface area contributed by atoms with Gasteiger partial charge in [0.25, 0.3) is 11.8 Å². The van der Waals surface area contributed by atoms with E-state index >= 15 is 0 Å². The number of carbonyl (C=O) groups is 2. The minimum atomic E-state index is -3.91. The molecule has 5 rings (SSSR count). The number of sulfonamides is 1. The van der Waals surface area contributed by atoms with Gasteiger partial charge in [-0.15, -0.1) is 0 Å². The molecule has 2 atom stereocenters. The summed E-state index contributed by atoms with van der Waals surface area (Å²) >= 11 is 5.86. The molecule has 1 spiro atoms. The number of nitrogens with two attached hydrogens (primary N) is 2. The summed E-state index contributed by atoms with van der Waals surface area (Å²) in [5.41, 5.74) is 10.9. The lowest BCUT2D eigenvalue weighted by molar-refractivity contribution is 0.0668. The fraction of sp³-hybridized carbons (Fsp3) is 0.417. The van der Waals surface area contributed by atoms with Crippen LogP contribution in [0.25, 0.3) is 0 Å². The maximum Gasteiger partial charge on any atom is 0.280 e. The second-order valence-electron chi connectivity index (χ2n) is 10.4.